The van der Waals surface area contributed by atoms with E-state index in [4.69, 9.17) is 0 Å². The van der Waals surface area contributed by atoms with E-state index >= 15 is 0 Å². The van der Waals surface area contributed by atoms with Crippen LogP contribution in [0.4, 0.5) is 13.2 Å². The van der Waals surface area contributed by atoms with Crippen molar-refractivity contribution < 1.29 is 18.0 Å². The van der Waals surface area contributed by atoms with Gasteiger partial charge in [0.05, 0.1) is 9.13 Å². The minimum absolute atomic E-state index is 0.103. The summed E-state index contributed by atoms with van der Waals surface area (Å²) in [6.45, 7) is 2.73. The van der Waals surface area contributed by atoms with Gasteiger partial charge in [-0.3, -0.25) is 14.4 Å². The van der Waals surface area contributed by atoms with Gasteiger partial charge in [0.25, 0.3) is 5.91 Å². The van der Waals surface area contributed by atoms with E-state index in [0.717, 1.165) is 9.64 Å². The molecular weight excluding hydrogens is 460 g/mol. The zero-order chi connectivity index (χ0) is 18.9. The fourth-order valence-corrected chi connectivity index (χ4v) is 3.71. The molecule has 1 fully saturated rings. The largest absolute Gasteiger partial charge is 0.416 e. The fourth-order valence-electron chi connectivity index (χ4n) is 2.97. The minimum atomic E-state index is -4.33. The van der Waals surface area contributed by atoms with Crippen molar-refractivity contribution in [2.45, 2.75) is 12.7 Å². The Morgan fingerprint density at radius 2 is 1.92 bits per heavy atom. The van der Waals surface area contributed by atoms with Crippen LogP contribution >= 0.6 is 22.6 Å². The molecule has 0 radical (unpaired) electrons. The number of aromatic nitrogens is 2. The molecule has 1 aromatic heterocycles. The van der Waals surface area contributed by atoms with E-state index in [1.165, 1.54) is 12.1 Å². The van der Waals surface area contributed by atoms with Crippen LogP contribution in [-0.2, 0) is 19.8 Å². The Balaban J connectivity index is 1.59. The van der Waals surface area contributed by atoms with Crippen molar-refractivity contribution in [1.29, 1.82) is 0 Å². The normalized spacial score (nSPS) is 16.1. The average Bonchev–Trinajstić information content (AvgIpc) is 2.93. The van der Waals surface area contributed by atoms with Gasteiger partial charge in [0.15, 0.2) is 5.69 Å². The Morgan fingerprint density at radius 3 is 2.50 bits per heavy atom. The van der Waals surface area contributed by atoms with Crippen molar-refractivity contribution in [2.24, 2.45) is 7.05 Å². The maximum absolute atomic E-state index is 12.8. The molecule has 0 unspecified atom stereocenters. The molecule has 1 amide bonds. The molecule has 9 heteroatoms. The molecule has 1 aromatic carbocycles. The SMILES string of the molecule is Cn1cc(I)c(C(=O)N2CCN(Cc3cccc(C(F)(F)F)c3)CC2)n1. The van der Waals surface area contributed by atoms with Crippen molar-refractivity contribution in [1.82, 2.24) is 19.6 Å². The van der Waals surface area contributed by atoms with Crippen molar-refractivity contribution in [3.63, 3.8) is 0 Å². The Hall–Kier alpha value is -1.62. The molecule has 0 N–H and O–H groups in total. The first-order chi connectivity index (χ1) is 12.2. The van der Waals surface area contributed by atoms with Gasteiger partial charge in [0.2, 0.25) is 0 Å². The molecule has 5 nitrogen and oxygen atoms in total. The fraction of sp³-hybridized carbons (Fsp3) is 0.412. The molecule has 140 valence electrons. The van der Waals surface area contributed by atoms with Gasteiger partial charge in [-0.25, -0.2) is 0 Å². The predicted molar refractivity (Wildman–Crippen MR) is 98.5 cm³/mol. The summed E-state index contributed by atoms with van der Waals surface area (Å²) in [5, 5.41) is 4.20. The van der Waals surface area contributed by atoms with E-state index in [9.17, 15) is 18.0 Å². The predicted octanol–water partition coefficient (Wildman–Crippen LogP) is 3.00. The van der Waals surface area contributed by atoms with E-state index in [1.807, 2.05) is 0 Å². The van der Waals surface area contributed by atoms with Crippen LogP contribution in [0.3, 0.4) is 0 Å². The van der Waals surface area contributed by atoms with Gasteiger partial charge in [-0.2, -0.15) is 18.3 Å². The quantitative estimate of drug-likeness (QED) is 0.638. The second-order valence-corrected chi connectivity index (χ2v) is 7.43. The zero-order valence-electron chi connectivity index (χ0n) is 14.1. The number of hydrogen-bond acceptors (Lipinski definition) is 3. The van der Waals surface area contributed by atoms with Gasteiger partial charge in [-0.1, -0.05) is 18.2 Å². The highest BCUT2D eigenvalue weighted by atomic mass is 127. The third kappa shape index (κ3) is 4.37. The summed E-state index contributed by atoms with van der Waals surface area (Å²) in [5.74, 6) is -0.103. The monoisotopic (exact) mass is 478 g/mol. The summed E-state index contributed by atoms with van der Waals surface area (Å²) in [4.78, 5) is 16.4. The van der Waals surface area contributed by atoms with E-state index in [2.05, 4.69) is 32.6 Å². The first-order valence-corrected chi connectivity index (χ1v) is 9.19. The smallest absolute Gasteiger partial charge is 0.335 e. The lowest BCUT2D eigenvalue weighted by Gasteiger charge is -2.34. The lowest BCUT2D eigenvalue weighted by Crippen LogP contribution is -2.48. The highest BCUT2D eigenvalue weighted by Crippen LogP contribution is 2.29. The van der Waals surface area contributed by atoms with Crippen LogP contribution in [0, 0.1) is 3.57 Å². The number of hydrogen-bond donors (Lipinski definition) is 0. The molecule has 0 saturated carbocycles. The van der Waals surface area contributed by atoms with Crippen LogP contribution < -0.4 is 0 Å². The van der Waals surface area contributed by atoms with E-state index in [-0.39, 0.29) is 5.91 Å². The molecule has 2 heterocycles. The van der Waals surface area contributed by atoms with Crippen molar-refractivity contribution in [3.8, 4) is 0 Å². The van der Waals surface area contributed by atoms with Crippen molar-refractivity contribution in [3.05, 3.63) is 50.9 Å². The van der Waals surface area contributed by atoms with Crippen LogP contribution in [0.2, 0.25) is 0 Å². The van der Waals surface area contributed by atoms with Crippen LogP contribution in [0.25, 0.3) is 0 Å². The second kappa shape index (κ2) is 7.55. The summed E-state index contributed by atoms with van der Waals surface area (Å²) in [6, 6.07) is 5.40. The van der Waals surface area contributed by atoms with Gasteiger partial charge in [0.1, 0.15) is 0 Å². The standard InChI is InChI=1S/C17H18F3IN4O/c1-23-11-14(21)15(22-23)16(26)25-7-5-24(6-8-25)10-12-3-2-4-13(9-12)17(18,19)20/h2-4,9,11H,5-8,10H2,1H3. The number of nitrogens with zero attached hydrogens (tertiary/aromatic N) is 4. The maximum Gasteiger partial charge on any atom is 0.416 e. The lowest BCUT2D eigenvalue weighted by molar-refractivity contribution is -0.137. The number of piperazine rings is 1. The Kier molecular flexibility index (Phi) is 5.56. The highest BCUT2D eigenvalue weighted by Gasteiger charge is 2.31. The summed E-state index contributed by atoms with van der Waals surface area (Å²) < 4.78 is 40.9. The number of alkyl halides is 3. The number of halogens is 4. The van der Waals surface area contributed by atoms with Gasteiger partial charge in [-0.15, -0.1) is 0 Å². The number of benzene rings is 1. The lowest BCUT2D eigenvalue weighted by atomic mass is 10.1. The van der Waals surface area contributed by atoms with Gasteiger partial charge in [-0.05, 0) is 34.2 Å². The highest BCUT2D eigenvalue weighted by molar-refractivity contribution is 14.1. The Morgan fingerprint density at radius 1 is 1.23 bits per heavy atom. The molecule has 0 atom stereocenters. The molecule has 1 saturated heterocycles. The molecule has 2 aromatic rings. The first-order valence-electron chi connectivity index (χ1n) is 8.11. The van der Waals surface area contributed by atoms with Crippen molar-refractivity contribution in [2.75, 3.05) is 26.2 Å². The third-order valence-corrected chi connectivity index (χ3v) is 5.10. The molecule has 1 aliphatic rings. The molecule has 0 aliphatic carbocycles. The molecule has 3 rings (SSSR count). The van der Waals surface area contributed by atoms with Gasteiger partial charge in [0, 0.05) is 46.0 Å². The average molecular weight is 478 g/mol. The maximum atomic E-state index is 12.8. The summed E-state index contributed by atoms with van der Waals surface area (Å²) in [6.07, 6.45) is -2.54. The van der Waals surface area contributed by atoms with E-state index in [1.54, 1.807) is 28.9 Å². The van der Waals surface area contributed by atoms with E-state index < -0.39 is 11.7 Å². The Bertz CT molecular complexity index is 798. The van der Waals surface area contributed by atoms with Crippen LogP contribution in [0.1, 0.15) is 21.6 Å². The number of amides is 1. The number of carbonyl (C=O) groups is 1. The summed E-state index contributed by atoms with van der Waals surface area (Å²) in [5.41, 5.74) is 0.437. The number of carbonyl (C=O) groups excluding carboxylic acids is 1. The summed E-state index contributed by atoms with van der Waals surface area (Å²) in [7, 11) is 1.77. The molecule has 1 aliphatic heterocycles. The van der Waals surface area contributed by atoms with Crippen LogP contribution in [0.15, 0.2) is 30.5 Å². The molecular formula is C17H18F3IN4O. The topological polar surface area (TPSA) is 41.4 Å². The van der Waals surface area contributed by atoms with Crippen LogP contribution in [0.5, 0.6) is 0 Å². The van der Waals surface area contributed by atoms with Crippen molar-refractivity contribution >= 4 is 28.5 Å². The molecule has 0 spiro atoms. The number of rotatable bonds is 3. The molecule has 0 bridgehead atoms. The second-order valence-electron chi connectivity index (χ2n) is 6.27. The van der Waals surface area contributed by atoms with Gasteiger partial charge >= 0.3 is 6.18 Å². The molecule has 26 heavy (non-hydrogen) atoms. The zero-order valence-corrected chi connectivity index (χ0v) is 16.3. The van der Waals surface area contributed by atoms with E-state index in [0.29, 0.717) is 44.0 Å². The van der Waals surface area contributed by atoms with Crippen LogP contribution in [-0.4, -0.2) is 51.7 Å². The first kappa shape index (κ1) is 19.2. The summed E-state index contributed by atoms with van der Waals surface area (Å²) >= 11 is 2.09. The number of aryl methyl sites for hydroxylation is 1. The Labute approximate surface area is 162 Å². The van der Waals surface area contributed by atoms with Gasteiger partial charge < -0.3 is 4.90 Å². The minimum Gasteiger partial charge on any atom is -0.335 e. The third-order valence-electron chi connectivity index (χ3n) is 4.31.